The molecule has 0 spiro atoms. The monoisotopic (exact) mass is 508 g/mol. The lowest BCUT2D eigenvalue weighted by Gasteiger charge is -2.19. The van der Waals surface area contributed by atoms with Crippen molar-refractivity contribution in [1.82, 2.24) is 4.31 Å². The van der Waals surface area contributed by atoms with Gasteiger partial charge in [0, 0.05) is 18.6 Å². The molecule has 1 amide bonds. The highest BCUT2D eigenvalue weighted by Gasteiger charge is 2.23. The van der Waals surface area contributed by atoms with Gasteiger partial charge >= 0.3 is 0 Å². The van der Waals surface area contributed by atoms with Crippen LogP contribution in [-0.2, 0) is 16.6 Å². The Bertz CT molecular complexity index is 1260. The number of hydrogen-bond acceptors (Lipinski definition) is 5. The van der Waals surface area contributed by atoms with E-state index in [9.17, 15) is 13.2 Å². The van der Waals surface area contributed by atoms with E-state index in [-0.39, 0.29) is 27.7 Å². The third-order valence-electron chi connectivity index (χ3n) is 4.87. The number of carbonyl (C=O) groups excluding carboxylic acids is 1. The second-order valence-corrected chi connectivity index (χ2v) is 9.94. The smallest absolute Gasteiger partial charge is 0.257 e. The Morgan fingerprint density at radius 3 is 2.27 bits per heavy atom. The fourth-order valence-corrected chi connectivity index (χ4v) is 4.74. The Labute approximate surface area is 202 Å². The summed E-state index contributed by atoms with van der Waals surface area (Å²) < 4.78 is 38.0. The SMILES string of the molecule is COc1ccc(CN(C)S(=O)(=O)c2ccc(OC)c(NC(=O)c3ccc(Cl)cc3Cl)c2)cc1. The summed E-state index contributed by atoms with van der Waals surface area (Å²) in [5.41, 5.74) is 1.17. The van der Waals surface area contributed by atoms with Crippen LogP contribution in [0.2, 0.25) is 10.0 Å². The predicted molar refractivity (Wildman–Crippen MR) is 129 cm³/mol. The van der Waals surface area contributed by atoms with Gasteiger partial charge < -0.3 is 14.8 Å². The first-order valence-electron chi connectivity index (χ1n) is 9.69. The molecule has 0 radical (unpaired) electrons. The number of halogens is 2. The van der Waals surface area contributed by atoms with Crippen molar-refractivity contribution in [2.75, 3.05) is 26.6 Å². The van der Waals surface area contributed by atoms with Crippen LogP contribution in [-0.4, -0.2) is 39.9 Å². The molecule has 3 rings (SSSR count). The average Bonchev–Trinajstić information content (AvgIpc) is 2.79. The van der Waals surface area contributed by atoms with E-state index in [1.54, 1.807) is 31.4 Å². The summed E-state index contributed by atoms with van der Waals surface area (Å²) in [6, 6.07) is 15.8. The number of ether oxygens (including phenoxy) is 2. The van der Waals surface area contributed by atoms with Crippen molar-refractivity contribution in [2.45, 2.75) is 11.4 Å². The van der Waals surface area contributed by atoms with Crippen LogP contribution in [0.1, 0.15) is 15.9 Å². The zero-order valence-corrected chi connectivity index (χ0v) is 20.5. The van der Waals surface area contributed by atoms with Crippen molar-refractivity contribution < 1.29 is 22.7 Å². The molecule has 174 valence electrons. The van der Waals surface area contributed by atoms with E-state index in [1.807, 2.05) is 0 Å². The van der Waals surface area contributed by atoms with Crippen LogP contribution in [0.5, 0.6) is 11.5 Å². The lowest BCUT2D eigenvalue weighted by Crippen LogP contribution is -2.26. The molecule has 1 N–H and O–H groups in total. The van der Waals surface area contributed by atoms with E-state index in [1.165, 1.54) is 54.9 Å². The molecule has 0 atom stereocenters. The molecule has 3 aromatic rings. The van der Waals surface area contributed by atoms with E-state index in [0.29, 0.717) is 16.5 Å². The molecule has 0 bridgehead atoms. The molecule has 3 aromatic carbocycles. The molecule has 10 heteroatoms. The van der Waals surface area contributed by atoms with Crippen LogP contribution in [0.15, 0.2) is 65.6 Å². The Morgan fingerprint density at radius 2 is 1.67 bits per heavy atom. The Balaban J connectivity index is 1.86. The van der Waals surface area contributed by atoms with Crippen LogP contribution in [0.25, 0.3) is 0 Å². The summed E-state index contributed by atoms with van der Waals surface area (Å²) in [6.07, 6.45) is 0. The first kappa shape index (κ1) is 24.9. The lowest BCUT2D eigenvalue weighted by molar-refractivity contribution is 0.102. The van der Waals surface area contributed by atoms with Crippen molar-refractivity contribution in [1.29, 1.82) is 0 Å². The van der Waals surface area contributed by atoms with E-state index in [0.717, 1.165) is 5.56 Å². The number of anilines is 1. The van der Waals surface area contributed by atoms with Crippen molar-refractivity contribution in [2.24, 2.45) is 0 Å². The van der Waals surface area contributed by atoms with Gasteiger partial charge in [-0.3, -0.25) is 4.79 Å². The molecule has 0 saturated heterocycles. The third kappa shape index (κ3) is 5.78. The van der Waals surface area contributed by atoms with E-state index >= 15 is 0 Å². The maximum absolute atomic E-state index is 13.2. The van der Waals surface area contributed by atoms with E-state index in [2.05, 4.69) is 5.32 Å². The van der Waals surface area contributed by atoms with Crippen molar-refractivity contribution in [3.63, 3.8) is 0 Å². The molecule has 33 heavy (non-hydrogen) atoms. The van der Waals surface area contributed by atoms with Gasteiger partial charge in [0.1, 0.15) is 11.5 Å². The summed E-state index contributed by atoms with van der Waals surface area (Å²) in [7, 11) is 0.602. The highest BCUT2D eigenvalue weighted by molar-refractivity contribution is 7.89. The van der Waals surface area contributed by atoms with Gasteiger partial charge in [0.2, 0.25) is 10.0 Å². The van der Waals surface area contributed by atoms with Crippen LogP contribution >= 0.6 is 23.2 Å². The standard InChI is InChI=1S/C23H22Cl2N2O5S/c1-27(14-15-4-7-17(31-2)8-5-15)33(29,30)18-9-11-22(32-3)21(13-18)26-23(28)19-10-6-16(24)12-20(19)25/h4-13H,14H2,1-3H3,(H,26,28). The summed E-state index contributed by atoms with van der Waals surface area (Å²) in [5, 5.41) is 3.22. The molecule has 0 unspecified atom stereocenters. The fourth-order valence-electron chi connectivity index (χ4n) is 3.06. The van der Waals surface area contributed by atoms with E-state index < -0.39 is 15.9 Å². The number of carbonyl (C=O) groups is 1. The maximum Gasteiger partial charge on any atom is 0.257 e. The maximum atomic E-state index is 13.2. The number of amides is 1. The summed E-state index contributed by atoms with van der Waals surface area (Å²) in [5.74, 6) is 0.446. The van der Waals surface area contributed by atoms with Gasteiger partial charge in [-0.2, -0.15) is 4.31 Å². The van der Waals surface area contributed by atoms with Crippen molar-refractivity contribution >= 4 is 44.8 Å². The van der Waals surface area contributed by atoms with Gasteiger partial charge in [-0.15, -0.1) is 0 Å². The fraction of sp³-hybridized carbons (Fsp3) is 0.174. The second kappa shape index (κ2) is 10.4. The molecule has 0 aliphatic heterocycles. The molecule has 0 aromatic heterocycles. The number of hydrogen-bond donors (Lipinski definition) is 1. The Hall–Kier alpha value is -2.78. The zero-order chi connectivity index (χ0) is 24.2. The number of nitrogens with zero attached hydrogens (tertiary/aromatic N) is 1. The Kier molecular flexibility index (Phi) is 7.86. The number of rotatable bonds is 8. The summed E-state index contributed by atoms with van der Waals surface area (Å²) in [4.78, 5) is 12.7. The summed E-state index contributed by atoms with van der Waals surface area (Å²) >= 11 is 12.0. The molecule has 0 saturated carbocycles. The Morgan fingerprint density at radius 1 is 0.970 bits per heavy atom. The topological polar surface area (TPSA) is 84.9 Å². The molecule has 0 aliphatic rings. The molecular formula is C23H22Cl2N2O5S. The summed E-state index contributed by atoms with van der Waals surface area (Å²) in [6.45, 7) is 0.153. The third-order valence-corrected chi connectivity index (χ3v) is 7.21. The first-order valence-corrected chi connectivity index (χ1v) is 11.9. The van der Waals surface area contributed by atoms with Gasteiger partial charge in [0.05, 0.1) is 35.4 Å². The molecular weight excluding hydrogens is 487 g/mol. The average molecular weight is 509 g/mol. The molecule has 0 fully saturated rings. The van der Waals surface area contributed by atoms with Crippen molar-refractivity contribution in [3.8, 4) is 11.5 Å². The van der Waals surface area contributed by atoms with Crippen molar-refractivity contribution in [3.05, 3.63) is 81.8 Å². The molecule has 0 heterocycles. The van der Waals surface area contributed by atoms with Crippen LogP contribution in [0.3, 0.4) is 0 Å². The quantitative estimate of drug-likeness (QED) is 0.458. The van der Waals surface area contributed by atoms with Gasteiger partial charge in [0.25, 0.3) is 5.91 Å². The molecule has 7 nitrogen and oxygen atoms in total. The second-order valence-electron chi connectivity index (χ2n) is 7.05. The van der Waals surface area contributed by atoms with Crippen LogP contribution < -0.4 is 14.8 Å². The largest absolute Gasteiger partial charge is 0.497 e. The minimum absolute atomic E-state index is 0.00295. The number of methoxy groups -OCH3 is 2. The van der Waals surface area contributed by atoms with Gasteiger partial charge in [0.15, 0.2) is 0 Å². The van der Waals surface area contributed by atoms with Crippen LogP contribution in [0.4, 0.5) is 5.69 Å². The highest BCUT2D eigenvalue weighted by Crippen LogP contribution is 2.30. The molecule has 0 aliphatic carbocycles. The van der Waals surface area contributed by atoms with Crippen LogP contribution in [0, 0.1) is 0 Å². The van der Waals surface area contributed by atoms with Gasteiger partial charge in [-0.05, 0) is 54.1 Å². The first-order chi connectivity index (χ1) is 15.6. The predicted octanol–water partition coefficient (Wildman–Crippen LogP) is 5.08. The van der Waals surface area contributed by atoms with Gasteiger partial charge in [-0.1, -0.05) is 35.3 Å². The van der Waals surface area contributed by atoms with Gasteiger partial charge in [-0.25, -0.2) is 8.42 Å². The minimum atomic E-state index is -3.86. The number of sulfonamides is 1. The lowest BCUT2D eigenvalue weighted by atomic mass is 10.2. The number of benzene rings is 3. The normalized spacial score (nSPS) is 11.3. The van der Waals surface area contributed by atoms with E-state index in [4.69, 9.17) is 32.7 Å². The number of nitrogens with one attached hydrogen (secondary N) is 1. The minimum Gasteiger partial charge on any atom is -0.497 e. The highest BCUT2D eigenvalue weighted by atomic mass is 35.5. The zero-order valence-electron chi connectivity index (χ0n) is 18.1.